The third-order valence-electron chi connectivity index (χ3n) is 6.17. The maximum Gasteiger partial charge on any atom is 0.264 e. The first kappa shape index (κ1) is 26.2. The number of nitrogens with two attached hydrogens (primary N) is 1. The van der Waals surface area contributed by atoms with Crippen LogP contribution in [0.4, 0.5) is 0 Å². The van der Waals surface area contributed by atoms with Crippen molar-refractivity contribution in [3.8, 4) is 0 Å². The molecule has 188 valence electrons. The van der Waals surface area contributed by atoms with Gasteiger partial charge in [-0.15, -0.1) is 0 Å². The second-order valence-electron chi connectivity index (χ2n) is 9.13. The fraction of sp³-hybridized carbons (Fsp3) is 0.333. The van der Waals surface area contributed by atoms with Gasteiger partial charge in [-0.2, -0.15) is 4.37 Å². The molecule has 9 heteroatoms. The molecule has 2 aromatic heterocycles. The van der Waals surface area contributed by atoms with Crippen LogP contribution in [0.3, 0.4) is 0 Å². The zero-order valence-electron chi connectivity index (χ0n) is 20.6. The lowest BCUT2D eigenvalue weighted by Gasteiger charge is -2.35. The molecule has 4 aromatic rings. The smallest absolute Gasteiger partial charge is 0.264 e. The molecule has 0 fully saturated rings. The van der Waals surface area contributed by atoms with Gasteiger partial charge in [-0.3, -0.25) is 14.2 Å². The highest BCUT2D eigenvalue weighted by atomic mass is 79.9. The molecule has 2 heterocycles. The Balaban J connectivity index is 1.91. The van der Waals surface area contributed by atoms with Crippen molar-refractivity contribution in [3.63, 3.8) is 0 Å². The molecule has 4 rings (SSSR count). The molecule has 36 heavy (non-hydrogen) atoms. The molecule has 1 atom stereocenters. The van der Waals surface area contributed by atoms with Crippen LogP contribution < -0.4 is 11.3 Å². The van der Waals surface area contributed by atoms with Gasteiger partial charge >= 0.3 is 0 Å². The van der Waals surface area contributed by atoms with Crippen LogP contribution in [0.2, 0.25) is 0 Å². The number of rotatable bonds is 9. The molecule has 0 aliphatic rings. The van der Waals surface area contributed by atoms with E-state index in [2.05, 4.69) is 34.2 Å². The number of fused-ring (bicyclic) bond motifs is 1. The minimum atomic E-state index is -0.434. The molecule has 0 spiro atoms. The van der Waals surface area contributed by atoms with E-state index < -0.39 is 6.04 Å². The molecule has 2 aromatic carbocycles. The van der Waals surface area contributed by atoms with Gasteiger partial charge in [0.25, 0.3) is 11.5 Å². The van der Waals surface area contributed by atoms with Crippen molar-refractivity contribution in [1.29, 1.82) is 0 Å². The molecule has 0 bridgehead atoms. The summed E-state index contributed by atoms with van der Waals surface area (Å²) in [4.78, 5) is 35.1. The average Bonchev–Trinajstić information content (AvgIpc) is 3.24. The van der Waals surface area contributed by atoms with Crippen molar-refractivity contribution in [1.82, 2.24) is 18.8 Å². The topological polar surface area (TPSA) is 94.1 Å². The van der Waals surface area contributed by atoms with Crippen LogP contribution in [0.1, 0.15) is 53.7 Å². The van der Waals surface area contributed by atoms with Gasteiger partial charge in [-0.05, 0) is 67.2 Å². The molecular formula is C27H30BrN5O2S. The molecular weight excluding hydrogens is 538 g/mol. The third-order valence-corrected chi connectivity index (χ3v) is 7.53. The number of benzene rings is 2. The number of halogens is 1. The number of hydrogen-bond donors (Lipinski definition) is 1. The number of carbonyl (C=O) groups is 1. The van der Waals surface area contributed by atoms with Crippen LogP contribution in [-0.4, -0.2) is 37.8 Å². The van der Waals surface area contributed by atoms with Crippen LogP contribution in [0, 0.1) is 12.8 Å². The normalized spacial score (nSPS) is 12.3. The van der Waals surface area contributed by atoms with Crippen LogP contribution >= 0.6 is 27.5 Å². The van der Waals surface area contributed by atoms with Crippen molar-refractivity contribution < 1.29 is 4.79 Å². The van der Waals surface area contributed by atoms with E-state index in [0.717, 1.165) is 10.0 Å². The highest BCUT2D eigenvalue weighted by Crippen LogP contribution is 2.31. The fourth-order valence-corrected chi connectivity index (χ4v) is 5.45. The number of amides is 1. The lowest BCUT2D eigenvalue weighted by molar-refractivity contribution is 0.0603. The Morgan fingerprint density at radius 3 is 2.47 bits per heavy atom. The summed E-state index contributed by atoms with van der Waals surface area (Å²) in [6, 6.07) is 16.7. The Morgan fingerprint density at radius 1 is 1.14 bits per heavy atom. The molecule has 2 N–H and O–H groups in total. The third kappa shape index (κ3) is 5.43. The summed E-state index contributed by atoms with van der Waals surface area (Å²) < 4.78 is 7.02. The average molecular weight is 569 g/mol. The predicted molar refractivity (Wildman–Crippen MR) is 148 cm³/mol. The summed E-state index contributed by atoms with van der Waals surface area (Å²) in [6.45, 7) is 7.19. The van der Waals surface area contributed by atoms with E-state index in [1.807, 2.05) is 54.3 Å². The van der Waals surface area contributed by atoms with Crippen LogP contribution in [0.15, 0.2) is 63.9 Å². The van der Waals surface area contributed by atoms with Gasteiger partial charge in [0.15, 0.2) is 4.83 Å². The lowest BCUT2D eigenvalue weighted by Crippen LogP contribution is -2.42. The van der Waals surface area contributed by atoms with Crippen LogP contribution in [0.5, 0.6) is 0 Å². The van der Waals surface area contributed by atoms with Crippen molar-refractivity contribution in [2.24, 2.45) is 11.7 Å². The van der Waals surface area contributed by atoms with Gasteiger partial charge < -0.3 is 10.6 Å². The summed E-state index contributed by atoms with van der Waals surface area (Å²) in [5, 5.41) is 0.537. The summed E-state index contributed by atoms with van der Waals surface area (Å²) in [7, 11) is 0. The highest BCUT2D eigenvalue weighted by molar-refractivity contribution is 9.10. The zero-order valence-corrected chi connectivity index (χ0v) is 23.1. The Hall–Kier alpha value is -2.88. The Morgan fingerprint density at radius 2 is 1.83 bits per heavy atom. The van der Waals surface area contributed by atoms with E-state index in [9.17, 15) is 9.59 Å². The van der Waals surface area contributed by atoms with Gasteiger partial charge in [0.05, 0.1) is 23.7 Å². The predicted octanol–water partition coefficient (Wildman–Crippen LogP) is 5.16. The first-order valence-electron chi connectivity index (χ1n) is 12.0. The van der Waals surface area contributed by atoms with Crippen LogP contribution in [-0.2, 0) is 6.54 Å². The Kier molecular flexibility index (Phi) is 8.33. The van der Waals surface area contributed by atoms with Crippen molar-refractivity contribution >= 4 is 43.6 Å². The number of hydrogen-bond acceptors (Lipinski definition) is 6. The second kappa shape index (κ2) is 11.5. The van der Waals surface area contributed by atoms with Crippen molar-refractivity contribution in [2.75, 3.05) is 13.1 Å². The minimum Gasteiger partial charge on any atom is -0.330 e. The second-order valence-corrected chi connectivity index (χ2v) is 10.8. The Labute approximate surface area is 223 Å². The van der Waals surface area contributed by atoms with Crippen molar-refractivity contribution in [3.05, 3.63) is 92.1 Å². The first-order valence-corrected chi connectivity index (χ1v) is 13.6. The number of nitrogens with zero attached hydrogens (tertiary/aromatic N) is 4. The molecule has 0 saturated heterocycles. The monoisotopic (exact) mass is 567 g/mol. The van der Waals surface area contributed by atoms with E-state index in [0.29, 0.717) is 53.4 Å². The maximum atomic E-state index is 13.8. The molecule has 0 radical (unpaired) electrons. The van der Waals surface area contributed by atoms with E-state index >= 15 is 0 Å². The largest absolute Gasteiger partial charge is 0.330 e. The molecule has 1 amide bonds. The molecule has 0 aliphatic heterocycles. The zero-order chi connectivity index (χ0) is 25.8. The number of aromatic nitrogens is 3. The van der Waals surface area contributed by atoms with E-state index in [-0.39, 0.29) is 17.4 Å². The number of aryl methyl sites for hydroxylation is 1. The van der Waals surface area contributed by atoms with Gasteiger partial charge in [-0.1, -0.05) is 60.1 Å². The lowest BCUT2D eigenvalue weighted by atomic mass is 9.99. The summed E-state index contributed by atoms with van der Waals surface area (Å²) in [5.74, 6) is 0.441. The van der Waals surface area contributed by atoms with E-state index in [4.69, 9.17) is 10.7 Å². The summed E-state index contributed by atoms with van der Waals surface area (Å²) in [6.07, 6.45) is 0.635. The molecule has 0 aliphatic carbocycles. The molecule has 7 nitrogen and oxygen atoms in total. The van der Waals surface area contributed by atoms with Crippen molar-refractivity contribution in [2.45, 2.75) is 39.8 Å². The van der Waals surface area contributed by atoms with Crippen LogP contribution in [0.25, 0.3) is 10.2 Å². The minimum absolute atomic E-state index is 0.0115. The maximum absolute atomic E-state index is 13.8. The first-order chi connectivity index (χ1) is 17.3. The number of carbonyl (C=O) groups excluding carboxylic acids is 1. The van der Waals surface area contributed by atoms with Gasteiger partial charge in [-0.25, -0.2) is 4.98 Å². The van der Waals surface area contributed by atoms with E-state index in [1.165, 1.54) is 11.5 Å². The fourth-order valence-electron chi connectivity index (χ4n) is 4.41. The van der Waals surface area contributed by atoms with Gasteiger partial charge in [0.1, 0.15) is 5.82 Å². The van der Waals surface area contributed by atoms with E-state index in [1.54, 1.807) is 16.7 Å². The SMILES string of the molecule is Cc1nsc2nc([C@H](C(C)C)N(CCCN)C(=O)c3ccc(Br)cc3)n(Cc3ccccc3)c(=O)c12. The molecule has 0 unspecified atom stereocenters. The molecule has 0 saturated carbocycles. The van der Waals surface area contributed by atoms with Gasteiger partial charge in [0, 0.05) is 16.6 Å². The summed E-state index contributed by atoms with van der Waals surface area (Å²) >= 11 is 4.66. The standard InChI is InChI=1S/C27H30BrN5O2S/c1-17(2)23(32(15-7-14-29)26(34)20-10-12-21(28)13-11-20)24-30-25-22(18(3)31-36-25)27(35)33(24)16-19-8-5-4-6-9-19/h4-6,8-13,17,23H,7,14-16,29H2,1-3H3/t23-/m0/s1. The highest BCUT2D eigenvalue weighted by Gasteiger charge is 2.33. The van der Waals surface area contributed by atoms with Gasteiger partial charge in [0.2, 0.25) is 0 Å². The Bertz CT molecular complexity index is 1400. The quantitative estimate of drug-likeness (QED) is 0.301. The summed E-state index contributed by atoms with van der Waals surface area (Å²) in [5.41, 5.74) is 7.96.